The molecule has 92 valence electrons. The molecule has 2 fully saturated rings. The molecule has 1 heterocycles. The van der Waals surface area contributed by atoms with E-state index >= 15 is 0 Å². The second-order valence-electron chi connectivity index (χ2n) is 5.01. The molecule has 1 unspecified atom stereocenters. The molecule has 1 aliphatic carbocycles. The van der Waals surface area contributed by atoms with Crippen LogP contribution in [0, 0.1) is 0 Å². The zero-order chi connectivity index (χ0) is 11.7. The number of rotatable bonds is 3. The van der Waals surface area contributed by atoms with E-state index in [2.05, 4.69) is 22.3 Å². The molecule has 1 N–H and O–H groups in total. The van der Waals surface area contributed by atoms with Gasteiger partial charge in [-0.05, 0) is 30.5 Å². The molecule has 3 heteroatoms. The van der Waals surface area contributed by atoms with Crippen LogP contribution in [-0.2, 0) is 0 Å². The van der Waals surface area contributed by atoms with E-state index in [1.54, 1.807) is 7.11 Å². The standard InChI is InChI=1S/C14H20N2O/c1-17-13-6-2-11(3-7-13)14-10-16(9-8-15-14)12-4-5-12/h2-3,6-7,12,14-15H,4-5,8-10H2,1H3. The van der Waals surface area contributed by atoms with E-state index < -0.39 is 0 Å². The monoisotopic (exact) mass is 232 g/mol. The lowest BCUT2D eigenvalue weighted by atomic mass is 10.0. The Morgan fingerprint density at radius 2 is 2.00 bits per heavy atom. The van der Waals surface area contributed by atoms with Crippen molar-refractivity contribution in [3.8, 4) is 5.75 Å². The Balaban J connectivity index is 1.69. The summed E-state index contributed by atoms with van der Waals surface area (Å²) in [7, 11) is 1.71. The van der Waals surface area contributed by atoms with Crippen molar-refractivity contribution in [3.63, 3.8) is 0 Å². The first kappa shape index (κ1) is 11.1. The molecule has 0 aromatic heterocycles. The van der Waals surface area contributed by atoms with Crippen molar-refractivity contribution in [3.05, 3.63) is 29.8 Å². The lowest BCUT2D eigenvalue weighted by Gasteiger charge is -2.34. The van der Waals surface area contributed by atoms with Crippen molar-refractivity contribution in [2.24, 2.45) is 0 Å². The highest BCUT2D eigenvalue weighted by Crippen LogP contribution is 2.30. The average molecular weight is 232 g/mol. The molecular weight excluding hydrogens is 212 g/mol. The summed E-state index contributed by atoms with van der Waals surface area (Å²) in [6.07, 6.45) is 2.80. The molecule has 0 radical (unpaired) electrons. The van der Waals surface area contributed by atoms with Crippen LogP contribution in [0.4, 0.5) is 0 Å². The van der Waals surface area contributed by atoms with Gasteiger partial charge in [-0.3, -0.25) is 4.90 Å². The third-order valence-electron chi connectivity index (χ3n) is 3.79. The first-order valence-electron chi connectivity index (χ1n) is 6.48. The van der Waals surface area contributed by atoms with E-state index in [4.69, 9.17) is 4.74 Å². The van der Waals surface area contributed by atoms with Gasteiger partial charge in [0.05, 0.1) is 7.11 Å². The van der Waals surface area contributed by atoms with Gasteiger partial charge in [-0.1, -0.05) is 12.1 Å². The van der Waals surface area contributed by atoms with Gasteiger partial charge in [0, 0.05) is 31.7 Å². The fourth-order valence-electron chi connectivity index (χ4n) is 2.60. The van der Waals surface area contributed by atoms with E-state index in [-0.39, 0.29) is 0 Å². The summed E-state index contributed by atoms with van der Waals surface area (Å²) in [5, 5.41) is 3.60. The van der Waals surface area contributed by atoms with Gasteiger partial charge < -0.3 is 10.1 Å². The summed E-state index contributed by atoms with van der Waals surface area (Å²) in [5.74, 6) is 0.934. The van der Waals surface area contributed by atoms with Crippen LogP contribution in [0.1, 0.15) is 24.4 Å². The van der Waals surface area contributed by atoms with Gasteiger partial charge in [-0.2, -0.15) is 0 Å². The maximum Gasteiger partial charge on any atom is 0.118 e. The average Bonchev–Trinajstić information content (AvgIpc) is 3.23. The molecule has 0 spiro atoms. The molecule has 1 aromatic carbocycles. The van der Waals surface area contributed by atoms with Gasteiger partial charge >= 0.3 is 0 Å². The highest BCUT2D eigenvalue weighted by Gasteiger charge is 2.32. The van der Waals surface area contributed by atoms with Gasteiger partial charge in [0.25, 0.3) is 0 Å². The lowest BCUT2D eigenvalue weighted by molar-refractivity contribution is 0.192. The molecule has 0 bridgehead atoms. The summed E-state index contributed by atoms with van der Waals surface area (Å²) in [4.78, 5) is 2.63. The van der Waals surface area contributed by atoms with E-state index in [9.17, 15) is 0 Å². The predicted molar refractivity (Wildman–Crippen MR) is 68.3 cm³/mol. The Morgan fingerprint density at radius 3 is 2.65 bits per heavy atom. The molecule has 3 rings (SSSR count). The normalized spacial score (nSPS) is 25.8. The van der Waals surface area contributed by atoms with Crippen molar-refractivity contribution < 1.29 is 4.74 Å². The Hall–Kier alpha value is -1.06. The number of hydrogen-bond acceptors (Lipinski definition) is 3. The molecule has 1 aliphatic heterocycles. The number of ether oxygens (including phenoxy) is 1. The molecule has 2 aliphatic rings. The SMILES string of the molecule is COc1ccc(C2CN(C3CC3)CCN2)cc1. The number of methoxy groups -OCH3 is 1. The zero-order valence-electron chi connectivity index (χ0n) is 10.4. The fraction of sp³-hybridized carbons (Fsp3) is 0.571. The van der Waals surface area contributed by atoms with Gasteiger partial charge in [-0.15, -0.1) is 0 Å². The summed E-state index contributed by atoms with van der Waals surface area (Å²) in [5.41, 5.74) is 1.37. The van der Waals surface area contributed by atoms with Crippen LogP contribution < -0.4 is 10.1 Å². The van der Waals surface area contributed by atoms with Gasteiger partial charge in [0.2, 0.25) is 0 Å². The van der Waals surface area contributed by atoms with Crippen molar-refractivity contribution >= 4 is 0 Å². The lowest BCUT2D eigenvalue weighted by Crippen LogP contribution is -2.46. The third-order valence-corrected chi connectivity index (χ3v) is 3.79. The molecule has 1 atom stereocenters. The summed E-state index contributed by atoms with van der Waals surface area (Å²) in [6.45, 7) is 3.46. The minimum Gasteiger partial charge on any atom is -0.497 e. The third kappa shape index (κ3) is 2.45. The van der Waals surface area contributed by atoms with E-state index in [0.29, 0.717) is 6.04 Å². The second kappa shape index (κ2) is 4.67. The molecule has 3 nitrogen and oxygen atoms in total. The predicted octanol–water partition coefficient (Wildman–Crippen LogP) is 1.80. The van der Waals surface area contributed by atoms with Crippen molar-refractivity contribution in [2.75, 3.05) is 26.7 Å². The molecule has 0 amide bonds. The first-order valence-corrected chi connectivity index (χ1v) is 6.48. The maximum atomic E-state index is 5.20. The van der Waals surface area contributed by atoms with Crippen LogP contribution in [0.15, 0.2) is 24.3 Å². The minimum atomic E-state index is 0.482. The van der Waals surface area contributed by atoms with Gasteiger partial charge in [0.15, 0.2) is 0 Å². The van der Waals surface area contributed by atoms with Crippen LogP contribution in [-0.4, -0.2) is 37.7 Å². The highest BCUT2D eigenvalue weighted by atomic mass is 16.5. The van der Waals surface area contributed by atoms with E-state index in [0.717, 1.165) is 24.9 Å². The van der Waals surface area contributed by atoms with Gasteiger partial charge in [0.1, 0.15) is 5.75 Å². The van der Waals surface area contributed by atoms with E-state index in [1.807, 2.05) is 12.1 Å². The summed E-state index contributed by atoms with van der Waals surface area (Å²) >= 11 is 0. The quantitative estimate of drug-likeness (QED) is 0.860. The molecule has 1 saturated heterocycles. The Bertz CT molecular complexity index is 372. The van der Waals surface area contributed by atoms with Crippen LogP contribution in [0.2, 0.25) is 0 Å². The summed E-state index contributed by atoms with van der Waals surface area (Å²) in [6, 6.07) is 9.80. The molecule has 17 heavy (non-hydrogen) atoms. The first-order chi connectivity index (χ1) is 8.36. The number of nitrogens with one attached hydrogen (secondary N) is 1. The molecular formula is C14H20N2O. The van der Waals surface area contributed by atoms with Crippen molar-refractivity contribution in [2.45, 2.75) is 24.9 Å². The number of piperazine rings is 1. The Labute approximate surface area is 103 Å². The summed E-state index contributed by atoms with van der Waals surface area (Å²) < 4.78 is 5.20. The van der Waals surface area contributed by atoms with E-state index in [1.165, 1.54) is 24.9 Å². The number of nitrogens with zero attached hydrogens (tertiary/aromatic N) is 1. The Morgan fingerprint density at radius 1 is 1.24 bits per heavy atom. The minimum absolute atomic E-state index is 0.482. The smallest absolute Gasteiger partial charge is 0.118 e. The number of benzene rings is 1. The molecule has 1 aromatic rings. The zero-order valence-corrected chi connectivity index (χ0v) is 10.4. The van der Waals surface area contributed by atoms with Crippen LogP contribution in [0.25, 0.3) is 0 Å². The fourth-order valence-corrected chi connectivity index (χ4v) is 2.60. The van der Waals surface area contributed by atoms with Crippen LogP contribution in [0.3, 0.4) is 0 Å². The van der Waals surface area contributed by atoms with Crippen LogP contribution in [0.5, 0.6) is 5.75 Å². The highest BCUT2D eigenvalue weighted by molar-refractivity contribution is 5.29. The van der Waals surface area contributed by atoms with Crippen molar-refractivity contribution in [1.29, 1.82) is 0 Å². The maximum absolute atomic E-state index is 5.20. The Kier molecular flexibility index (Phi) is 3.04. The van der Waals surface area contributed by atoms with Crippen LogP contribution >= 0.6 is 0 Å². The molecule has 1 saturated carbocycles. The van der Waals surface area contributed by atoms with Gasteiger partial charge in [-0.25, -0.2) is 0 Å². The second-order valence-corrected chi connectivity index (χ2v) is 5.01. The largest absolute Gasteiger partial charge is 0.497 e. The number of hydrogen-bond donors (Lipinski definition) is 1. The van der Waals surface area contributed by atoms with Crippen molar-refractivity contribution in [1.82, 2.24) is 10.2 Å². The topological polar surface area (TPSA) is 24.5 Å².